The summed E-state index contributed by atoms with van der Waals surface area (Å²) in [5.41, 5.74) is 0. The first-order valence-electron chi connectivity index (χ1n) is 2.54. The van der Waals surface area contributed by atoms with E-state index < -0.39 is 0 Å². The maximum Gasteiger partial charge on any atom is 0.302 e. The third-order valence-corrected chi connectivity index (χ3v) is 1.84. The minimum Gasteiger partial charge on any atom is -0.461 e. The Hall–Kier alpha value is 0.300. The molecule has 0 N–H and O–H groups in total. The van der Waals surface area contributed by atoms with Crippen molar-refractivity contribution in [2.24, 2.45) is 0 Å². The SMILES string of the molecule is CC(=O)OC(CS)CBr. The van der Waals surface area contributed by atoms with Crippen molar-refractivity contribution in [1.29, 1.82) is 0 Å². The van der Waals surface area contributed by atoms with Gasteiger partial charge in [0.15, 0.2) is 0 Å². The van der Waals surface area contributed by atoms with E-state index in [0.717, 1.165) is 0 Å². The highest BCUT2D eigenvalue weighted by Gasteiger charge is 2.06. The molecule has 0 saturated heterocycles. The van der Waals surface area contributed by atoms with Crippen LogP contribution in [0.15, 0.2) is 0 Å². The van der Waals surface area contributed by atoms with Gasteiger partial charge in [-0.2, -0.15) is 12.6 Å². The van der Waals surface area contributed by atoms with Gasteiger partial charge in [-0.05, 0) is 0 Å². The molecule has 9 heavy (non-hydrogen) atoms. The molecule has 0 aromatic heterocycles. The maximum atomic E-state index is 10.3. The van der Waals surface area contributed by atoms with Gasteiger partial charge in [-0.1, -0.05) is 15.9 Å². The highest BCUT2D eigenvalue weighted by molar-refractivity contribution is 9.09. The van der Waals surface area contributed by atoms with E-state index in [0.29, 0.717) is 11.1 Å². The van der Waals surface area contributed by atoms with E-state index >= 15 is 0 Å². The minimum absolute atomic E-state index is 0.0918. The maximum absolute atomic E-state index is 10.3. The topological polar surface area (TPSA) is 26.3 Å². The smallest absolute Gasteiger partial charge is 0.302 e. The second-order valence-electron chi connectivity index (χ2n) is 1.57. The summed E-state index contributed by atoms with van der Waals surface area (Å²) in [5.74, 6) is 0.304. The highest BCUT2D eigenvalue weighted by Crippen LogP contribution is 1.99. The molecule has 0 rings (SSSR count). The fraction of sp³-hybridized carbons (Fsp3) is 0.800. The van der Waals surface area contributed by atoms with Crippen LogP contribution in [0.2, 0.25) is 0 Å². The summed E-state index contributed by atoms with van der Waals surface area (Å²) in [5, 5.41) is 0.649. The minimum atomic E-state index is -0.256. The Balaban J connectivity index is 3.43. The highest BCUT2D eigenvalue weighted by atomic mass is 79.9. The molecule has 0 aliphatic carbocycles. The van der Waals surface area contributed by atoms with Crippen LogP contribution in [0.1, 0.15) is 6.92 Å². The van der Waals surface area contributed by atoms with Gasteiger partial charge in [-0.3, -0.25) is 4.79 Å². The molecular formula is C5H9BrO2S. The van der Waals surface area contributed by atoms with Gasteiger partial charge in [-0.25, -0.2) is 0 Å². The first-order chi connectivity index (χ1) is 4.20. The molecule has 0 amide bonds. The van der Waals surface area contributed by atoms with E-state index in [-0.39, 0.29) is 12.1 Å². The van der Waals surface area contributed by atoms with Crippen molar-refractivity contribution in [3.05, 3.63) is 0 Å². The lowest BCUT2D eigenvalue weighted by molar-refractivity contribution is -0.144. The predicted molar refractivity (Wildman–Crippen MR) is 43.2 cm³/mol. The summed E-state index contributed by atoms with van der Waals surface area (Å²) in [7, 11) is 0. The molecule has 0 fully saturated rings. The summed E-state index contributed by atoms with van der Waals surface area (Å²) in [4.78, 5) is 10.3. The summed E-state index contributed by atoms with van der Waals surface area (Å²) in [6, 6.07) is 0. The van der Waals surface area contributed by atoms with Crippen LogP contribution in [0, 0.1) is 0 Å². The van der Waals surface area contributed by atoms with E-state index in [1.807, 2.05) is 0 Å². The average molecular weight is 213 g/mol. The van der Waals surface area contributed by atoms with Crippen molar-refractivity contribution in [2.75, 3.05) is 11.1 Å². The van der Waals surface area contributed by atoms with Gasteiger partial charge < -0.3 is 4.74 Å². The molecule has 0 spiro atoms. The Morgan fingerprint density at radius 3 is 2.56 bits per heavy atom. The molecule has 0 saturated carbocycles. The molecule has 0 heterocycles. The normalized spacial score (nSPS) is 12.8. The van der Waals surface area contributed by atoms with Crippen LogP contribution in [0.3, 0.4) is 0 Å². The van der Waals surface area contributed by atoms with E-state index in [9.17, 15) is 4.79 Å². The van der Waals surface area contributed by atoms with Gasteiger partial charge in [-0.15, -0.1) is 0 Å². The van der Waals surface area contributed by atoms with E-state index in [4.69, 9.17) is 4.74 Å². The Kier molecular flexibility index (Phi) is 5.28. The molecule has 0 aliphatic rings. The average Bonchev–Trinajstić information content (AvgIpc) is 1.82. The van der Waals surface area contributed by atoms with Crippen LogP contribution >= 0.6 is 28.6 Å². The largest absolute Gasteiger partial charge is 0.461 e. The number of carbonyl (C=O) groups excluding carboxylic acids is 1. The van der Waals surface area contributed by atoms with Gasteiger partial charge in [0.1, 0.15) is 6.10 Å². The van der Waals surface area contributed by atoms with Gasteiger partial charge in [0.25, 0.3) is 0 Å². The molecule has 1 unspecified atom stereocenters. The lowest BCUT2D eigenvalue weighted by atomic mass is 10.5. The molecular weight excluding hydrogens is 204 g/mol. The van der Waals surface area contributed by atoms with Gasteiger partial charge >= 0.3 is 5.97 Å². The molecule has 54 valence electrons. The van der Waals surface area contributed by atoms with E-state index in [1.54, 1.807) is 0 Å². The summed E-state index contributed by atoms with van der Waals surface area (Å²) in [6.45, 7) is 1.39. The van der Waals surface area contributed by atoms with E-state index in [2.05, 4.69) is 28.6 Å². The van der Waals surface area contributed by atoms with Crippen molar-refractivity contribution in [1.82, 2.24) is 0 Å². The quantitative estimate of drug-likeness (QED) is 0.433. The zero-order valence-electron chi connectivity index (χ0n) is 5.13. The number of rotatable bonds is 3. The number of alkyl halides is 1. The standard InChI is InChI=1S/C5H9BrO2S/c1-4(7)8-5(2-6)3-9/h5,9H,2-3H2,1H3. The van der Waals surface area contributed by atoms with E-state index in [1.165, 1.54) is 6.92 Å². The van der Waals surface area contributed by atoms with Crippen molar-refractivity contribution in [3.8, 4) is 0 Å². The van der Waals surface area contributed by atoms with Crippen LogP contribution in [0.4, 0.5) is 0 Å². The second-order valence-corrected chi connectivity index (χ2v) is 2.58. The fourth-order valence-electron chi connectivity index (χ4n) is 0.352. The van der Waals surface area contributed by atoms with Gasteiger partial charge in [0.05, 0.1) is 0 Å². The molecule has 1 atom stereocenters. The third-order valence-electron chi connectivity index (χ3n) is 0.708. The number of halogens is 1. The first kappa shape index (κ1) is 9.30. The van der Waals surface area contributed by atoms with Gasteiger partial charge in [0, 0.05) is 18.0 Å². The molecule has 0 aromatic rings. The lowest BCUT2D eigenvalue weighted by Crippen LogP contribution is -2.19. The lowest BCUT2D eigenvalue weighted by Gasteiger charge is -2.09. The molecule has 2 nitrogen and oxygen atoms in total. The Morgan fingerprint density at radius 2 is 2.44 bits per heavy atom. The second kappa shape index (κ2) is 5.11. The van der Waals surface area contributed by atoms with Crippen LogP contribution in [0.25, 0.3) is 0 Å². The Bertz CT molecular complexity index is 93.0. The zero-order chi connectivity index (χ0) is 7.28. The number of thiol groups is 1. The molecule has 0 aliphatic heterocycles. The van der Waals surface area contributed by atoms with Crippen molar-refractivity contribution < 1.29 is 9.53 Å². The molecule has 4 heteroatoms. The molecule has 0 radical (unpaired) electrons. The monoisotopic (exact) mass is 212 g/mol. The summed E-state index contributed by atoms with van der Waals surface area (Å²) >= 11 is 7.14. The van der Waals surface area contributed by atoms with Crippen molar-refractivity contribution in [2.45, 2.75) is 13.0 Å². The summed E-state index contributed by atoms with van der Waals surface area (Å²) < 4.78 is 4.79. The number of esters is 1. The van der Waals surface area contributed by atoms with Crippen LogP contribution in [-0.2, 0) is 9.53 Å². The number of carbonyl (C=O) groups is 1. The molecule has 0 bridgehead atoms. The van der Waals surface area contributed by atoms with Crippen LogP contribution in [0.5, 0.6) is 0 Å². The Labute approximate surface area is 68.5 Å². The van der Waals surface area contributed by atoms with Crippen LogP contribution < -0.4 is 0 Å². The first-order valence-corrected chi connectivity index (χ1v) is 4.30. The van der Waals surface area contributed by atoms with Crippen LogP contribution in [-0.4, -0.2) is 23.2 Å². The van der Waals surface area contributed by atoms with Gasteiger partial charge in [0.2, 0.25) is 0 Å². The van der Waals surface area contributed by atoms with Crippen molar-refractivity contribution >= 4 is 34.5 Å². The predicted octanol–water partition coefficient (Wildman–Crippen LogP) is 1.24. The Morgan fingerprint density at radius 1 is 1.89 bits per heavy atom. The number of hydrogen-bond acceptors (Lipinski definition) is 3. The number of hydrogen-bond donors (Lipinski definition) is 1. The molecule has 0 aromatic carbocycles. The number of ether oxygens (including phenoxy) is 1. The fourth-order valence-corrected chi connectivity index (χ4v) is 1.27. The summed E-state index contributed by atoms with van der Waals surface area (Å²) in [6.07, 6.45) is -0.0918. The zero-order valence-corrected chi connectivity index (χ0v) is 7.61. The van der Waals surface area contributed by atoms with Crippen molar-refractivity contribution in [3.63, 3.8) is 0 Å². The third kappa shape index (κ3) is 4.78.